The van der Waals surface area contributed by atoms with E-state index in [9.17, 15) is 9.18 Å². The summed E-state index contributed by atoms with van der Waals surface area (Å²) in [6, 6.07) is 4.07. The van der Waals surface area contributed by atoms with Crippen LogP contribution in [0.15, 0.2) is 18.2 Å². The maximum Gasteiger partial charge on any atom is 0.268 e. The van der Waals surface area contributed by atoms with Gasteiger partial charge in [-0.2, -0.15) is 0 Å². The van der Waals surface area contributed by atoms with Crippen molar-refractivity contribution in [1.29, 1.82) is 0 Å². The van der Waals surface area contributed by atoms with E-state index in [4.69, 9.17) is 9.16 Å². The van der Waals surface area contributed by atoms with Gasteiger partial charge in [0.15, 0.2) is 8.32 Å². The molecule has 0 aromatic heterocycles. The second-order valence-corrected chi connectivity index (χ2v) is 12.0. The third kappa shape index (κ3) is 3.33. The molecule has 6 heteroatoms. The van der Waals surface area contributed by atoms with Crippen LogP contribution in [0.2, 0.25) is 18.1 Å². The smallest absolute Gasteiger partial charge is 0.268 e. The molecule has 0 saturated carbocycles. The molecule has 4 nitrogen and oxygen atoms in total. The highest BCUT2D eigenvalue weighted by molar-refractivity contribution is 6.74. The highest BCUT2D eigenvalue weighted by Crippen LogP contribution is 2.38. The first-order valence-corrected chi connectivity index (χ1v) is 10.4. The number of benzene rings is 1. The van der Waals surface area contributed by atoms with Crippen LogP contribution < -0.4 is 10.1 Å². The van der Waals surface area contributed by atoms with Crippen molar-refractivity contribution >= 4 is 19.9 Å². The van der Waals surface area contributed by atoms with Crippen LogP contribution in [-0.4, -0.2) is 26.4 Å². The molecule has 0 aliphatic carbocycles. The number of hydrogen-bond donors (Lipinski definition) is 1. The number of amides is 1. The van der Waals surface area contributed by atoms with Crippen LogP contribution in [0.3, 0.4) is 0 Å². The number of ether oxygens (including phenoxy) is 1. The summed E-state index contributed by atoms with van der Waals surface area (Å²) in [5, 5.41) is 2.79. The fourth-order valence-corrected chi connectivity index (χ4v) is 3.51. The predicted octanol–water partition coefficient (Wildman–Crippen LogP) is 3.94. The monoisotopic (exact) mass is 325 g/mol. The molecule has 1 heterocycles. The number of carbonyl (C=O) groups excluding carboxylic acids is 1. The molecule has 22 heavy (non-hydrogen) atoms. The van der Waals surface area contributed by atoms with Crippen LogP contribution in [0.4, 0.5) is 10.1 Å². The van der Waals surface area contributed by atoms with Crippen LogP contribution in [0.1, 0.15) is 27.7 Å². The zero-order chi connectivity index (χ0) is 16.7. The maximum absolute atomic E-state index is 13.3. The molecule has 1 N–H and O–H groups in total. The zero-order valence-corrected chi connectivity index (χ0v) is 15.0. The van der Waals surface area contributed by atoms with Gasteiger partial charge in [0.25, 0.3) is 5.91 Å². The lowest BCUT2D eigenvalue weighted by Gasteiger charge is -2.40. The number of hydrogen-bond acceptors (Lipinski definition) is 3. The minimum atomic E-state index is -2.02. The van der Waals surface area contributed by atoms with E-state index in [1.807, 2.05) is 6.92 Å². The van der Waals surface area contributed by atoms with E-state index in [0.717, 1.165) is 0 Å². The average Bonchev–Trinajstić information content (AvgIpc) is 2.36. The summed E-state index contributed by atoms with van der Waals surface area (Å²) in [5.41, 5.74) is 0.488. The van der Waals surface area contributed by atoms with Crippen LogP contribution >= 0.6 is 0 Å². The van der Waals surface area contributed by atoms with Gasteiger partial charge in [0.1, 0.15) is 11.6 Å². The fraction of sp³-hybridized carbons (Fsp3) is 0.562. The third-order valence-electron chi connectivity index (χ3n) is 4.43. The van der Waals surface area contributed by atoms with Gasteiger partial charge in [-0.15, -0.1) is 0 Å². The Morgan fingerprint density at radius 1 is 1.36 bits per heavy atom. The third-order valence-corrected chi connectivity index (χ3v) is 9.00. The number of anilines is 1. The van der Waals surface area contributed by atoms with Crippen molar-refractivity contribution in [3.05, 3.63) is 24.0 Å². The lowest BCUT2D eigenvalue weighted by atomic mass is 10.1. The van der Waals surface area contributed by atoms with E-state index in [2.05, 4.69) is 39.2 Å². The molecule has 2 atom stereocenters. The zero-order valence-electron chi connectivity index (χ0n) is 14.0. The van der Waals surface area contributed by atoms with Crippen molar-refractivity contribution in [2.45, 2.75) is 58.0 Å². The Morgan fingerprint density at radius 2 is 2.00 bits per heavy atom. The Bertz CT molecular complexity index is 583. The largest absolute Gasteiger partial charge is 0.476 e. The molecule has 0 radical (unpaired) electrons. The fourth-order valence-electron chi connectivity index (χ4n) is 2.10. The quantitative estimate of drug-likeness (QED) is 0.856. The number of rotatable bonds is 3. The van der Waals surface area contributed by atoms with Crippen molar-refractivity contribution in [2.75, 3.05) is 5.32 Å². The van der Waals surface area contributed by atoms with E-state index in [-0.39, 0.29) is 10.9 Å². The molecule has 2 rings (SSSR count). The van der Waals surface area contributed by atoms with Gasteiger partial charge in [-0.3, -0.25) is 4.79 Å². The number of halogens is 1. The molecular weight excluding hydrogens is 301 g/mol. The molecule has 0 fully saturated rings. The van der Waals surface area contributed by atoms with Gasteiger partial charge in [0, 0.05) is 6.07 Å². The molecule has 1 aliphatic rings. The summed E-state index contributed by atoms with van der Waals surface area (Å²) in [5.74, 6) is -0.313. The molecule has 1 aromatic carbocycles. The summed E-state index contributed by atoms with van der Waals surface area (Å²) in [7, 11) is -2.02. The SMILES string of the molecule is CC(O[Si](C)(C)C(C)(C)C)C1Oc2cc(F)ccc2NC1=O. The van der Waals surface area contributed by atoms with E-state index < -0.39 is 26.3 Å². The first-order valence-electron chi connectivity index (χ1n) is 7.46. The summed E-state index contributed by atoms with van der Waals surface area (Å²) in [4.78, 5) is 12.2. The molecule has 0 saturated heterocycles. The van der Waals surface area contributed by atoms with Crippen molar-refractivity contribution < 1.29 is 18.3 Å². The Kier molecular flexibility index (Phi) is 4.36. The molecule has 1 amide bonds. The van der Waals surface area contributed by atoms with Crippen LogP contribution in [0.5, 0.6) is 5.75 Å². The van der Waals surface area contributed by atoms with Gasteiger partial charge in [-0.05, 0) is 37.2 Å². The molecular formula is C16H24FNO3Si. The van der Waals surface area contributed by atoms with E-state index in [1.165, 1.54) is 18.2 Å². The van der Waals surface area contributed by atoms with Crippen molar-refractivity contribution in [1.82, 2.24) is 0 Å². The average molecular weight is 325 g/mol. The van der Waals surface area contributed by atoms with Gasteiger partial charge in [-0.1, -0.05) is 20.8 Å². The Hall–Kier alpha value is -1.40. The Morgan fingerprint density at radius 3 is 2.59 bits per heavy atom. The highest BCUT2D eigenvalue weighted by Gasteiger charge is 2.42. The van der Waals surface area contributed by atoms with Crippen LogP contribution in [-0.2, 0) is 9.22 Å². The van der Waals surface area contributed by atoms with E-state index >= 15 is 0 Å². The standard InChI is InChI=1S/C16H24FNO3Si/c1-10(21-22(5,6)16(2,3)4)14-15(19)18-12-8-7-11(17)9-13(12)20-14/h7-10,14H,1-6H3,(H,18,19). The summed E-state index contributed by atoms with van der Waals surface area (Å²) in [6.45, 7) is 12.5. The van der Waals surface area contributed by atoms with Gasteiger partial charge >= 0.3 is 0 Å². The van der Waals surface area contributed by atoms with Crippen molar-refractivity contribution in [2.24, 2.45) is 0 Å². The number of carbonyl (C=O) groups is 1. The lowest BCUT2D eigenvalue weighted by Crippen LogP contribution is -2.51. The lowest BCUT2D eigenvalue weighted by molar-refractivity contribution is -0.127. The predicted molar refractivity (Wildman–Crippen MR) is 87.2 cm³/mol. The highest BCUT2D eigenvalue weighted by atomic mass is 28.4. The molecule has 122 valence electrons. The number of fused-ring (bicyclic) bond motifs is 1. The topological polar surface area (TPSA) is 47.6 Å². The normalized spacial score (nSPS) is 20.0. The van der Waals surface area contributed by atoms with Crippen LogP contribution in [0.25, 0.3) is 0 Å². The Balaban J connectivity index is 2.17. The maximum atomic E-state index is 13.3. The van der Waals surface area contributed by atoms with Gasteiger partial charge < -0.3 is 14.5 Å². The number of nitrogens with one attached hydrogen (secondary N) is 1. The van der Waals surface area contributed by atoms with Gasteiger partial charge in [0.2, 0.25) is 6.10 Å². The summed E-state index contributed by atoms with van der Waals surface area (Å²) in [6.07, 6.45) is -1.18. The molecule has 1 aromatic rings. The van der Waals surface area contributed by atoms with Crippen LogP contribution in [0, 0.1) is 5.82 Å². The second kappa shape index (κ2) is 5.66. The molecule has 0 spiro atoms. The second-order valence-electron chi connectivity index (χ2n) is 7.25. The summed E-state index contributed by atoms with van der Waals surface area (Å²) >= 11 is 0. The van der Waals surface area contributed by atoms with Crippen molar-refractivity contribution in [3.8, 4) is 5.75 Å². The summed E-state index contributed by atoms with van der Waals surface area (Å²) < 4.78 is 25.2. The Labute approximate surface area is 132 Å². The van der Waals surface area contributed by atoms with Gasteiger partial charge in [-0.25, -0.2) is 4.39 Å². The minimum Gasteiger partial charge on any atom is -0.476 e. The minimum absolute atomic E-state index is 0.0381. The van der Waals surface area contributed by atoms with E-state index in [1.54, 1.807) is 0 Å². The molecule has 2 unspecified atom stereocenters. The van der Waals surface area contributed by atoms with E-state index in [0.29, 0.717) is 11.4 Å². The first kappa shape index (κ1) is 17.0. The first-order chi connectivity index (χ1) is 10.0. The van der Waals surface area contributed by atoms with Gasteiger partial charge in [0.05, 0.1) is 11.8 Å². The van der Waals surface area contributed by atoms with Crippen molar-refractivity contribution in [3.63, 3.8) is 0 Å². The molecule has 1 aliphatic heterocycles. The molecule has 0 bridgehead atoms.